The van der Waals surface area contributed by atoms with E-state index in [1.807, 2.05) is 13.0 Å². The summed E-state index contributed by atoms with van der Waals surface area (Å²) in [5.41, 5.74) is 2.22. The van der Waals surface area contributed by atoms with Crippen LogP contribution in [0.5, 0.6) is 0 Å². The number of fused-ring (bicyclic) bond motifs is 1. The molecule has 1 heterocycles. The third-order valence-electron chi connectivity index (χ3n) is 4.16. The van der Waals surface area contributed by atoms with Gasteiger partial charge in [0.15, 0.2) is 5.43 Å². The van der Waals surface area contributed by atoms with Crippen LogP contribution in [0.2, 0.25) is 0 Å². The largest absolute Gasteiger partial charge is 0.480 e. The number of amides is 2. The molecular weight excluding hydrogens is 376 g/mol. The molecular formula is C21H18N2O6. The Morgan fingerprint density at radius 3 is 2.38 bits per heavy atom. The average Bonchev–Trinajstić information content (AvgIpc) is 2.71. The monoisotopic (exact) mass is 394 g/mol. The molecule has 0 atom stereocenters. The van der Waals surface area contributed by atoms with Crippen LogP contribution in [0.3, 0.4) is 0 Å². The molecule has 29 heavy (non-hydrogen) atoms. The molecule has 0 aliphatic heterocycles. The molecule has 0 bridgehead atoms. The first-order valence-electron chi connectivity index (χ1n) is 8.75. The highest BCUT2D eigenvalue weighted by Crippen LogP contribution is 2.23. The summed E-state index contributed by atoms with van der Waals surface area (Å²) in [6.07, 6.45) is 0. The molecule has 2 aromatic carbocycles. The first-order valence-corrected chi connectivity index (χ1v) is 8.75. The second-order valence-corrected chi connectivity index (χ2v) is 6.41. The van der Waals surface area contributed by atoms with Crippen molar-refractivity contribution in [3.8, 4) is 11.3 Å². The Bertz CT molecular complexity index is 1150. The molecule has 8 heteroatoms. The molecule has 0 aliphatic rings. The standard InChI is InChI=1S/C21H18N2O6/c1-12-2-7-17-15(8-12)16(24)9-18(29-17)13-3-5-14(6-4-13)21(28)23-10-19(25)22-11-20(26)27/h2-9H,10-11H2,1H3,(H,22,25)(H,23,28)(H,26,27). The number of hydrogen-bond acceptors (Lipinski definition) is 5. The Morgan fingerprint density at radius 2 is 1.69 bits per heavy atom. The molecule has 0 saturated heterocycles. The van der Waals surface area contributed by atoms with Gasteiger partial charge in [-0.05, 0) is 31.2 Å². The zero-order chi connectivity index (χ0) is 21.0. The number of carboxylic acid groups (broad SMARTS) is 1. The minimum absolute atomic E-state index is 0.154. The Morgan fingerprint density at radius 1 is 0.966 bits per heavy atom. The first-order chi connectivity index (χ1) is 13.8. The van der Waals surface area contributed by atoms with Crippen molar-refractivity contribution in [1.29, 1.82) is 0 Å². The quantitative estimate of drug-likeness (QED) is 0.584. The van der Waals surface area contributed by atoms with Crippen molar-refractivity contribution in [3.63, 3.8) is 0 Å². The topological polar surface area (TPSA) is 126 Å². The smallest absolute Gasteiger partial charge is 0.322 e. The Hall–Kier alpha value is -3.94. The number of aliphatic carboxylic acids is 1. The van der Waals surface area contributed by atoms with Crippen molar-refractivity contribution in [2.24, 2.45) is 0 Å². The van der Waals surface area contributed by atoms with Crippen LogP contribution in [0.4, 0.5) is 0 Å². The van der Waals surface area contributed by atoms with Gasteiger partial charge in [-0.3, -0.25) is 19.2 Å². The minimum Gasteiger partial charge on any atom is -0.480 e. The molecule has 3 N–H and O–H groups in total. The fourth-order valence-corrected chi connectivity index (χ4v) is 2.70. The average molecular weight is 394 g/mol. The van der Waals surface area contributed by atoms with Gasteiger partial charge in [0.1, 0.15) is 17.9 Å². The van der Waals surface area contributed by atoms with Gasteiger partial charge in [0.2, 0.25) is 5.91 Å². The van der Waals surface area contributed by atoms with Gasteiger partial charge >= 0.3 is 5.97 Å². The summed E-state index contributed by atoms with van der Waals surface area (Å²) in [4.78, 5) is 46.3. The lowest BCUT2D eigenvalue weighted by Gasteiger charge is -2.07. The van der Waals surface area contributed by atoms with Crippen LogP contribution in [0.1, 0.15) is 15.9 Å². The number of rotatable bonds is 6. The van der Waals surface area contributed by atoms with Crippen LogP contribution in [0, 0.1) is 6.92 Å². The summed E-state index contributed by atoms with van der Waals surface area (Å²) in [6.45, 7) is 1.04. The summed E-state index contributed by atoms with van der Waals surface area (Å²) in [6, 6.07) is 13.1. The molecule has 0 saturated carbocycles. The minimum atomic E-state index is -1.17. The summed E-state index contributed by atoms with van der Waals surface area (Å²) in [5, 5.41) is 13.6. The third-order valence-corrected chi connectivity index (χ3v) is 4.16. The van der Waals surface area contributed by atoms with Crippen molar-refractivity contribution in [3.05, 3.63) is 69.9 Å². The van der Waals surface area contributed by atoms with Crippen molar-refractivity contribution >= 4 is 28.8 Å². The van der Waals surface area contributed by atoms with Crippen molar-refractivity contribution in [2.75, 3.05) is 13.1 Å². The number of hydrogen-bond donors (Lipinski definition) is 3. The van der Waals surface area contributed by atoms with Gasteiger partial charge in [0, 0.05) is 17.2 Å². The Labute approximate surface area is 165 Å². The van der Waals surface area contributed by atoms with E-state index in [4.69, 9.17) is 9.52 Å². The van der Waals surface area contributed by atoms with Gasteiger partial charge in [0.05, 0.1) is 11.9 Å². The molecule has 0 fully saturated rings. The van der Waals surface area contributed by atoms with E-state index >= 15 is 0 Å². The van der Waals surface area contributed by atoms with Crippen LogP contribution in [0.15, 0.2) is 57.7 Å². The van der Waals surface area contributed by atoms with Crippen LogP contribution >= 0.6 is 0 Å². The van der Waals surface area contributed by atoms with Crippen LogP contribution in [-0.2, 0) is 9.59 Å². The maximum absolute atomic E-state index is 12.3. The van der Waals surface area contributed by atoms with E-state index in [1.165, 1.54) is 6.07 Å². The van der Waals surface area contributed by atoms with E-state index in [-0.39, 0.29) is 12.0 Å². The predicted octanol–water partition coefficient (Wildman–Crippen LogP) is 1.70. The molecule has 3 aromatic rings. The molecule has 1 aromatic heterocycles. The molecule has 8 nitrogen and oxygen atoms in total. The highest BCUT2D eigenvalue weighted by molar-refractivity contribution is 5.97. The number of nitrogens with one attached hydrogen (secondary N) is 2. The summed E-state index contributed by atoms with van der Waals surface area (Å²) in [5.74, 6) is -1.88. The maximum atomic E-state index is 12.3. The number of aryl methyl sites for hydroxylation is 1. The summed E-state index contributed by atoms with van der Waals surface area (Å²) >= 11 is 0. The maximum Gasteiger partial charge on any atom is 0.322 e. The van der Waals surface area contributed by atoms with Crippen molar-refractivity contribution in [2.45, 2.75) is 6.92 Å². The fraction of sp³-hybridized carbons (Fsp3) is 0.143. The molecule has 3 rings (SSSR count). The summed E-state index contributed by atoms with van der Waals surface area (Å²) < 4.78 is 5.81. The number of benzene rings is 2. The summed E-state index contributed by atoms with van der Waals surface area (Å²) in [7, 11) is 0. The molecule has 0 unspecified atom stereocenters. The normalized spacial score (nSPS) is 10.5. The molecule has 0 spiro atoms. The molecule has 2 amide bonds. The van der Waals surface area contributed by atoms with Gasteiger partial charge in [-0.1, -0.05) is 23.8 Å². The van der Waals surface area contributed by atoms with E-state index in [0.717, 1.165) is 5.56 Å². The highest BCUT2D eigenvalue weighted by atomic mass is 16.4. The zero-order valence-electron chi connectivity index (χ0n) is 15.5. The molecule has 0 radical (unpaired) electrons. The second-order valence-electron chi connectivity index (χ2n) is 6.41. The van der Waals surface area contributed by atoms with Gasteiger partial charge in [0.25, 0.3) is 5.91 Å². The highest BCUT2D eigenvalue weighted by Gasteiger charge is 2.11. The Kier molecular flexibility index (Phi) is 5.73. The lowest BCUT2D eigenvalue weighted by molar-refractivity contribution is -0.137. The van der Waals surface area contributed by atoms with Gasteiger partial charge in [-0.2, -0.15) is 0 Å². The van der Waals surface area contributed by atoms with Crippen LogP contribution < -0.4 is 16.1 Å². The first kappa shape index (κ1) is 19.8. The van der Waals surface area contributed by atoms with Crippen molar-refractivity contribution < 1.29 is 23.9 Å². The SMILES string of the molecule is Cc1ccc2oc(-c3ccc(C(=O)NCC(=O)NCC(=O)O)cc3)cc(=O)c2c1. The van der Waals surface area contributed by atoms with Crippen molar-refractivity contribution in [1.82, 2.24) is 10.6 Å². The third kappa shape index (κ3) is 4.86. The lowest BCUT2D eigenvalue weighted by Crippen LogP contribution is -2.39. The van der Waals surface area contributed by atoms with Gasteiger partial charge in [-0.25, -0.2) is 0 Å². The Balaban J connectivity index is 1.71. The molecule has 148 valence electrons. The zero-order valence-corrected chi connectivity index (χ0v) is 15.5. The number of carboxylic acids is 1. The molecule has 0 aliphatic carbocycles. The van der Waals surface area contributed by atoms with E-state index in [1.54, 1.807) is 36.4 Å². The number of carbonyl (C=O) groups is 3. The number of carbonyl (C=O) groups excluding carboxylic acids is 2. The predicted molar refractivity (Wildman–Crippen MR) is 106 cm³/mol. The van der Waals surface area contributed by atoms with Gasteiger partial charge < -0.3 is 20.2 Å². The van der Waals surface area contributed by atoms with E-state index in [2.05, 4.69) is 10.6 Å². The van der Waals surface area contributed by atoms with E-state index < -0.39 is 24.3 Å². The lowest BCUT2D eigenvalue weighted by atomic mass is 10.1. The van der Waals surface area contributed by atoms with Crippen LogP contribution in [0.25, 0.3) is 22.3 Å². The van der Waals surface area contributed by atoms with Gasteiger partial charge in [-0.15, -0.1) is 0 Å². The van der Waals surface area contributed by atoms with Crippen LogP contribution in [-0.4, -0.2) is 36.0 Å². The van der Waals surface area contributed by atoms with E-state index in [0.29, 0.717) is 27.9 Å². The second kappa shape index (κ2) is 8.39. The van der Waals surface area contributed by atoms with E-state index in [9.17, 15) is 19.2 Å². The fourth-order valence-electron chi connectivity index (χ4n) is 2.70.